The predicted molar refractivity (Wildman–Crippen MR) is 137 cm³/mol. The first-order valence-electron chi connectivity index (χ1n) is 10.9. The largest absolute Gasteiger partial charge is 0.486 e. The van der Waals surface area contributed by atoms with E-state index < -0.39 is 32.0 Å². The maximum absolute atomic E-state index is 13.0. The van der Waals surface area contributed by atoms with Crippen molar-refractivity contribution in [2.45, 2.75) is 17.9 Å². The zero-order valence-electron chi connectivity index (χ0n) is 19.5. The molecule has 0 unspecified atom stereocenters. The van der Waals surface area contributed by atoms with Gasteiger partial charge in [-0.15, -0.1) is 0 Å². The van der Waals surface area contributed by atoms with Gasteiger partial charge >= 0.3 is 0 Å². The van der Waals surface area contributed by atoms with Crippen molar-refractivity contribution >= 4 is 43.0 Å². The van der Waals surface area contributed by atoms with E-state index in [2.05, 4.69) is 10.0 Å². The van der Waals surface area contributed by atoms with Gasteiger partial charge in [0, 0.05) is 17.4 Å². The first kappa shape index (κ1) is 25.3. The molecular formula is C24H25N3O7S2. The second kappa shape index (κ2) is 10.1. The minimum atomic E-state index is -3.85. The van der Waals surface area contributed by atoms with Gasteiger partial charge in [0.05, 0.1) is 16.8 Å². The molecule has 10 nitrogen and oxygen atoms in total. The molecule has 0 aliphatic carbocycles. The van der Waals surface area contributed by atoms with Crippen LogP contribution in [0.3, 0.4) is 0 Å². The summed E-state index contributed by atoms with van der Waals surface area (Å²) in [4.78, 5) is 13.0. The fraction of sp³-hybridized carbons (Fsp3) is 0.208. The molecule has 0 spiro atoms. The van der Waals surface area contributed by atoms with Crippen molar-refractivity contribution in [2.24, 2.45) is 0 Å². The molecule has 1 aliphatic heterocycles. The third kappa shape index (κ3) is 5.71. The molecule has 36 heavy (non-hydrogen) atoms. The van der Waals surface area contributed by atoms with Crippen LogP contribution in [0.5, 0.6) is 11.5 Å². The molecule has 0 saturated carbocycles. The lowest BCUT2D eigenvalue weighted by atomic mass is 10.2. The number of sulfonamides is 2. The van der Waals surface area contributed by atoms with E-state index in [-0.39, 0.29) is 10.6 Å². The molecule has 1 aliphatic rings. The molecule has 190 valence electrons. The van der Waals surface area contributed by atoms with Crippen LogP contribution in [0, 0.1) is 0 Å². The molecule has 0 fully saturated rings. The number of anilines is 3. The quantitative estimate of drug-likeness (QED) is 0.457. The van der Waals surface area contributed by atoms with Crippen LogP contribution < -0.4 is 23.8 Å². The lowest BCUT2D eigenvalue weighted by Crippen LogP contribution is -2.45. The van der Waals surface area contributed by atoms with Crippen molar-refractivity contribution in [3.05, 3.63) is 72.8 Å². The normalized spacial score (nSPS) is 13.9. The maximum atomic E-state index is 13.0. The van der Waals surface area contributed by atoms with Crippen molar-refractivity contribution < 1.29 is 31.1 Å². The van der Waals surface area contributed by atoms with Crippen LogP contribution in [0.1, 0.15) is 6.92 Å². The van der Waals surface area contributed by atoms with Gasteiger partial charge in [0.2, 0.25) is 15.9 Å². The number of hydrogen-bond acceptors (Lipinski definition) is 7. The number of benzene rings is 3. The average Bonchev–Trinajstić information content (AvgIpc) is 2.84. The molecule has 4 rings (SSSR count). The summed E-state index contributed by atoms with van der Waals surface area (Å²) in [6.45, 7) is 2.18. The Labute approximate surface area is 209 Å². The molecule has 3 aromatic carbocycles. The van der Waals surface area contributed by atoms with E-state index in [9.17, 15) is 21.6 Å². The Kier molecular flexibility index (Phi) is 7.09. The summed E-state index contributed by atoms with van der Waals surface area (Å²) in [5.41, 5.74) is 0.975. The SMILES string of the molecule is C[C@H](C(=O)Nc1ccc(S(=O)(=O)Nc2ccccc2)cc1)N(c1ccc2c(c1)OCCO2)S(C)(=O)=O. The van der Waals surface area contributed by atoms with Gasteiger partial charge in [0.1, 0.15) is 19.3 Å². The van der Waals surface area contributed by atoms with E-state index in [0.717, 1.165) is 10.6 Å². The van der Waals surface area contributed by atoms with Crippen molar-refractivity contribution in [2.75, 3.05) is 33.8 Å². The van der Waals surface area contributed by atoms with Gasteiger partial charge in [-0.25, -0.2) is 16.8 Å². The van der Waals surface area contributed by atoms with E-state index in [1.165, 1.54) is 43.3 Å². The average molecular weight is 532 g/mol. The standard InChI is InChI=1S/C24H25N3O7S2/c1-17(27(35(2,29)30)20-10-13-22-23(16-20)34-15-14-33-22)24(28)25-18-8-11-21(12-9-18)36(31,32)26-19-6-4-3-5-7-19/h3-13,16-17,26H,14-15H2,1-2H3,(H,25,28)/t17-/m1/s1. The number of ether oxygens (including phenoxy) is 2. The van der Waals surface area contributed by atoms with E-state index in [1.807, 2.05) is 0 Å². The molecule has 0 aromatic heterocycles. The van der Waals surface area contributed by atoms with Crippen molar-refractivity contribution in [3.8, 4) is 11.5 Å². The molecule has 1 amide bonds. The highest BCUT2D eigenvalue weighted by Gasteiger charge is 2.30. The third-order valence-corrected chi connectivity index (χ3v) is 7.97. The van der Waals surface area contributed by atoms with Crippen LogP contribution in [0.4, 0.5) is 17.1 Å². The number of fused-ring (bicyclic) bond motifs is 1. The fourth-order valence-corrected chi connectivity index (χ4v) is 5.89. The first-order chi connectivity index (χ1) is 17.0. The topological polar surface area (TPSA) is 131 Å². The van der Waals surface area contributed by atoms with Gasteiger partial charge in [-0.1, -0.05) is 18.2 Å². The summed E-state index contributed by atoms with van der Waals surface area (Å²) in [6, 6.07) is 17.5. The fourth-order valence-electron chi connectivity index (χ4n) is 3.66. The van der Waals surface area contributed by atoms with Gasteiger partial charge in [-0.2, -0.15) is 0 Å². The second-order valence-electron chi connectivity index (χ2n) is 8.05. The Morgan fingerprint density at radius 2 is 1.50 bits per heavy atom. The van der Waals surface area contributed by atoms with Crippen LogP contribution in [0.25, 0.3) is 0 Å². The minimum Gasteiger partial charge on any atom is -0.486 e. The van der Waals surface area contributed by atoms with Gasteiger partial charge in [-0.05, 0) is 55.5 Å². The summed E-state index contributed by atoms with van der Waals surface area (Å²) >= 11 is 0. The number of hydrogen-bond donors (Lipinski definition) is 2. The number of amides is 1. The van der Waals surface area contributed by atoms with E-state index in [1.54, 1.807) is 36.4 Å². The molecule has 0 saturated heterocycles. The number of para-hydroxylation sites is 1. The molecule has 0 radical (unpaired) electrons. The molecule has 2 N–H and O–H groups in total. The van der Waals surface area contributed by atoms with E-state index in [4.69, 9.17) is 9.47 Å². The second-order valence-corrected chi connectivity index (χ2v) is 11.6. The lowest BCUT2D eigenvalue weighted by Gasteiger charge is -2.29. The molecule has 3 aromatic rings. The zero-order valence-corrected chi connectivity index (χ0v) is 21.2. The van der Waals surface area contributed by atoms with E-state index >= 15 is 0 Å². The van der Waals surface area contributed by atoms with Gasteiger partial charge in [0.25, 0.3) is 10.0 Å². The van der Waals surface area contributed by atoms with Crippen molar-refractivity contribution in [1.82, 2.24) is 0 Å². The van der Waals surface area contributed by atoms with E-state index in [0.29, 0.717) is 36.1 Å². The summed E-state index contributed by atoms with van der Waals surface area (Å²) in [7, 11) is -7.67. The summed E-state index contributed by atoms with van der Waals surface area (Å²) in [6.07, 6.45) is 1.01. The highest BCUT2D eigenvalue weighted by Crippen LogP contribution is 2.35. The Balaban J connectivity index is 1.50. The molecule has 1 atom stereocenters. The Hall–Kier alpha value is -3.77. The molecular weight excluding hydrogens is 506 g/mol. The Morgan fingerprint density at radius 1 is 0.861 bits per heavy atom. The smallest absolute Gasteiger partial charge is 0.261 e. The lowest BCUT2D eigenvalue weighted by molar-refractivity contribution is -0.116. The highest BCUT2D eigenvalue weighted by molar-refractivity contribution is 7.92. The van der Waals surface area contributed by atoms with Crippen molar-refractivity contribution in [1.29, 1.82) is 0 Å². The number of carbonyl (C=O) groups excluding carboxylic acids is 1. The zero-order chi connectivity index (χ0) is 25.9. The van der Waals surface area contributed by atoms with Crippen LogP contribution in [-0.2, 0) is 24.8 Å². The van der Waals surface area contributed by atoms with Crippen LogP contribution in [0.15, 0.2) is 77.7 Å². The Bertz CT molecular complexity index is 1460. The number of nitrogens with zero attached hydrogens (tertiary/aromatic N) is 1. The predicted octanol–water partition coefficient (Wildman–Crippen LogP) is 3.05. The molecule has 0 bridgehead atoms. The van der Waals surface area contributed by atoms with Crippen LogP contribution >= 0.6 is 0 Å². The highest BCUT2D eigenvalue weighted by atomic mass is 32.2. The minimum absolute atomic E-state index is 0.00596. The monoisotopic (exact) mass is 531 g/mol. The van der Waals surface area contributed by atoms with Crippen LogP contribution in [-0.4, -0.2) is 48.3 Å². The Morgan fingerprint density at radius 3 is 2.14 bits per heavy atom. The number of carbonyl (C=O) groups is 1. The van der Waals surface area contributed by atoms with Gasteiger partial charge in [-0.3, -0.25) is 13.8 Å². The third-order valence-electron chi connectivity index (χ3n) is 5.33. The van der Waals surface area contributed by atoms with Crippen molar-refractivity contribution in [3.63, 3.8) is 0 Å². The molecule has 12 heteroatoms. The molecule has 1 heterocycles. The summed E-state index contributed by atoms with van der Waals surface area (Å²) in [5.74, 6) is 0.279. The van der Waals surface area contributed by atoms with Gasteiger partial charge in [0.15, 0.2) is 11.5 Å². The maximum Gasteiger partial charge on any atom is 0.261 e. The first-order valence-corrected chi connectivity index (χ1v) is 14.3. The van der Waals surface area contributed by atoms with Gasteiger partial charge < -0.3 is 14.8 Å². The number of rotatable bonds is 8. The number of nitrogens with one attached hydrogen (secondary N) is 2. The summed E-state index contributed by atoms with van der Waals surface area (Å²) in [5, 5.41) is 2.64. The van der Waals surface area contributed by atoms with Crippen LogP contribution in [0.2, 0.25) is 0 Å². The summed E-state index contributed by atoms with van der Waals surface area (Å²) < 4.78 is 64.9.